The van der Waals surface area contributed by atoms with Crippen LogP contribution in [0.2, 0.25) is 0 Å². The molecule has 2 unspecified atom stereocenters. The van der Waals surface area contributed by atoms with Crippen LogP contribution in [0, 0.1) is 11.8 Å². The van der Waals surface area contributed by atoms with Gasteiger partial charge in [0.15, 0.2) is 0 Å². The van der Waals surface area contributed by atoms with Crippen molar-refractivity contribution in [1.29, 1.82) is 0 Å². The van der Waals surface area contributed by atoms with Gasteiger partial charge >= 0.3 is 0 Å². The lowest BCUT2D eigenvalue weighted by molar-refractivity contribution is 0.103. The zero-order chi connectivity index (χ0) is 15.1. The summed E-state index contributed by atoms with van der Waals surface area (Å²) in [5.74, 6) is 0.995. The molecule has 1 rings (SSSR count). The summed E-state index contributed by atoms with van der Waals surface area (Å²) in [5, 5.41) is 14.1. The molecule has 0 aliphatic heterocycles. The molecule has 0 radical (unpaired) electrons. The first-order valence-electron chi connectivity index (χ1n) is 7.96. The molecule has 2 N–H and O–H groups in total. The number of aliphatic hydroxyl groups is 1. The Balaban J connectivity index is 2.75. The second-order valence-corrected chi connectivity index (χ2v) is 6.51. The average Bonchev–Trinajstić information content (AvgIpc) is 2.39. The maximum absolute atomic E-state index is 10.6. The van der Waals surface area contributed by atoms with Crippen molar-refractivity contribution in [3.8, 4) is 0 Å². The average molecular weight is 277 g/mol. The van der Waals surface area contributed by atoms with Crippen molar-refractivity contribution < 1.29 is 5.11 Å². The Kier molecular flexibility index (Phi) is 7.25. The molecule has 0 spiro atoms. The lowest BCUT2D eigenvalue weighted by Gasteiger charge is -2.29. The van der Waals surface area contributed by atoms with E-state index in [1.165, 1.54) is 5.56 Å². The zero-order valence-corrected chi connectivity index (χ0v) is 13.7. The summed E-state index contributed by atoms with van der Waals surface area (Å²) in [4.78, 5) is 0. The van der Waals surface area contributed by atoms with Gasteiger partial charge in [0.2, 0.25) is 0 Å². The van der Waals surface area contributed by atoms with Gasteiger partial charge in [0.25, 0.3) is 0 Å². The summed E-state index contributed by atoms with van der Waals surface area (Å²) in [6.45, 7) is 11.8. The second-order valence-electron chi connectivity index (χ2n) is 6.51. The van der Waals surface area contributed by atoms with E-state index in [4.69, 9.17) is 0 Å². The van der Waals surface area contributed by atoms with Gasteiger partial charge in [0, 0.05) is 6.04 Å². The van der Waals surface area contributed by atoms with Crippen LogP contribution >= 0.6 is 0 Å². The molecule has 0 heterocycles. The molecule has 20 heavy (non-hydrogen) atoms. The zero-order valence-electron chi connectivity index (χ0n) is 13.7. The Morgan fingerprint density at radius 3 is 2.10 bits per heavy atom. The molecule has 0 fully saturated rings. The molecule has 0 aliphatic rings. The predicted octanol–water partition coefficient (Wildman–Crippen LogP) is 3.94. The van der Waals surface area contributed by atoms with Gasteiger partial charge in [-0.25, -0.2) is 0 Å². The van der Waals surface area contributed by atoms with E-state index in [1.54, 1.807) is 0 Å². The molecular formula is C18H31NO. The third kappa shape index (κ3) is 5.26. The molecule has 114 valence electrons. The molecule has 2 nitrogen and oxygen atoms in total. The van der Waals surface area contributed by atoms with Crippen LogP contribution in [0.25, 0.3) is 0 Å². The van der Waals surface area contributed by atoms with Gasteiger partial charge in [-0.15, -0.1) is 0 Å². The van der Waals surface area contributed by atoms with Crippen LogP contribution in [-0.2, 0) is 6.42 Å². The fourth-order valence-corrected chi connectivity index (χ4v) is 2.46. The first-order chi connectivity index (χ1) is 9.45. The standard InChI is InChI=1S/C18H31NO/c1-6-7-15-8-10-16(11-9-15)18(20)17(14(4)5)19-12-13(2)3/h8-11,13-14,17-20H,6-7,12H2,1-5H3. The van der Waals surface area contributed by atoms with Crippen LogP contribution in [0.5, 0.6) is 0 Å². The normalized spacial score (nSPS) is 14.8. The van der Waals surface area contributed by atoms with Gasteiger partial charge in [-0.05, 0) is 35.9 Å². The van der Waals surface area contributed by atoms with E-state index < -0.39 is 6.10 Å². The Labute approximate surface area is 124 Å². The Morgan fingerprint density at radius 1 is 1.05 bits per heavy atom. The smallest absolute Gasteiger partial charge is 0.0945 e. The number of rotatable bonds is 8. The number of hydrogen-bond acceptors (Lipinski definition) is 2. The van der Waals surface area contributed by atoms with Crippen molar-refractivity contribution in [2.24, 2.45) is 11.8 Å². The summed E-state index contributed by atoms with van der Waals surface area (Å²) in [7, 11) is 0. The largest absolute Gasteiger partial charge is 0.387 e. The maximum Gasteiger partial charge on any atom is 0.0945 e. The molecule has 1 aromatic rings. The van der Waals surface area contributed by atoms with Crippen LogP contribution in [-0.4, -0.2) is 17.7 Å². The lowest BCUT2D eigenvalue weighted by atomic mass is 9.92. The van der Waals surface area contributed by atoms with E-state index in [0.717, 1.165) is 24.9 Å². The predicted molar refractivity (Wildman–Crippen MR) is 86.9 cm³/mol. The number of nitrogens with one attached hydrogen (secondary N) is 1. The molecule has 0 aromatic heterocycles. The van der Waals surface area contributed by atoms with Gasteiger partial charge in [-0.2, -0.15) is 0 Å². The Morgan fingerprint density at radius 2 is 1.65 bits per heavy atom. The number of aryl methyl sites for hydroxylation is 1. The molecular weight excluding hydrogens is 246 g/mol. The van der Waals surface area contributed by atoms with Crippen LogP contribution in [0.4, 0.5) is 0 Å². The Hall–Kier alpha value is -0.860. The van der Waals surface area contributed by atoms with Crippen molar-refractivity contribution in [2.75, 3.05) is 6.54 Å². The maximum atomic E-state index is 10.6. The van der Waals surface area contributed by atoms with Crippen molar-refractivity contribution in [2.45, 2.75) is 59.6 Å². The van der Waals surface area contributed by atoms with Crippen molar-refractivity contribution in [1.82, 2.24) is 5.32 Å². The van der Waals surface area contributed by atoms with Gasteiger partial charge in [-0.3, -0.25) is 0 Å². The monoisotopic (exact) mass is 277 g/mol. The SMILES string of the molecule is CCCc1ccc(C(O)C(NCC(C)C)C(C)C)cc1. The fourth-order valence-electron chi connectivity index (χ4n) is 2.46. The number of benzene rings is 1. The Bertz CT molecular complexity index is 370. The molecule has 0 aliphatic carbocycles. The minimum atomic E-state index is -0.440. The van der Waals surface area contributed by atoms with Crippen LogP contribution < -0.4 is 5.32 Å². The van der Waals surface area contributed by atoms with Crippen molar-refractivity contribution in [3.05, 3.63) is 35.4 Å². The van der Waals surface area contributed by atoms with Crippen molar-refractivity contribution >= 4 is 0 Å². The summed E-state index contributed by atoms with van der Waals surface area (Å²) >= 11 is 0. The molecule has 2 heteroatoms. The number of aliphatic hydroxyl groups excluding tert-OH is 1. The molecule has 2 atom stereocenters. The highest BCUT2D eigenvalue weighted by atomic mass is 16.3. The summed E-state index contributed by atoms with van der Waals surface area (Å²) in [6, 6.07) is 8.53. The number of hydrogen-bond donors (Lipinski definition) is 2. The summed E-state index contributed by atoms with van der Waals surface area (Å²) < 4.78 is 0. The van der Waals surface area contributed by atoms with Crippen LogP contribution in [0.3, 0.4) is 0 Å². The minimum Gasteiger partial charge on any atom is -0.387 e. The fraction of sp³-hybridized carbons (Fsp3) is 0.667. The van der Waals surface area contributed by atoms with E-state index in [2.05, 4.69) is 64.2 Å². The molecule has 0 amide bonds. The highest BCUT2D eigenvalue weighted by Gasteiger charge is 2.23. The third-order valence-electron chi connectivity index (χ3n) is 3.68. The quantitative estimate of drug-likeness (QED) is 0.754. The highest BCUT2D eigenvalue weighted by Crippen LogP contribution is 2.23. The van der Waals surface area contributed by atoms with Gasteiger partial charge in [0.1, 0.15) is 0 Å². The lowest BCUT2D eigenvalue weighted by Crippen LogP contribution is -2.41. The van der Waals surface area contributed by atoms with E-state index in [-0.39, 0.29) is 6.04 Å². The van der Waals surface area contributed by atoms with Gasteiger partial charge < -0.3 is 10.4 Å². The molecule has 1 aromatic carbocycles. The third-order valence-corrected chi connectivity index (χ3v) is 3.68. The van der Waals surface area contributed by atoms with Gasteiger partial charge in [0.05, 0.1) is 6.10 Å². The van der Waals surface area contributed by atoms with E-state index in [9.17, 15) is 5.11 Å². The van der Waals surface area contributed by atoms with Gasteiger partial charge in [-0.1, -0.05) is 65.3 Å². The van der Waals surface area contributed by atoms with E-state index in [0.29, 0.717) is 11.8 Å². The summed E-state index contributed by atoms with van der Waals surface area (Å²) in [6.07, 6.45) is 1.83. The first-order valence-corrected chi connectivity index (χ1v) is 7.96. The first kappa shape index (κ1) is 17.2. The van der Waals surface area contributed by atoms with Crippen LogP contribution in [0.1, 0.15) is 58.3 Å². The molecule has 0 saturated carbocycles. The van der Waals surface area contributed by atoms with E-state index in [1.807, 2.05) is 0 Å². The molecule has 0 saturated heterocycles. The van der Waals surface area contributed by atoms with Crippen molar-refractivity contribution in [3.63, 3.8) is 0 Å². The molecule has 0 bridgehead atoms. The second kappa shape index (κ2) is 8.43. The minimum absolute atomic E-state index is 0.106. The summed E-state index contributed by atoms with van der Waals surface area (Å²) in [5.41, 5.74) is 2.36. The van der Waals surface area contributed by atoms with Crippen LogP contribution in [0.15, 0.2) is 24.3 Å². The topological polar surface area (TPSA) is 32.3 Å². The highest BCUT2D eigenvalue weighted by molar-refractivity contribution is 5.25. The van der Waals surface area contributed by atoms with E-state index >= 15 is 0 Å².